The van der Waals surface area contributed by atoms with Crippen LogP contribution in [0.5, 0.6) is 0 Å². The minimum Gasteiger partial charge on any atom is -0.373 e. The third-order valence-electron chi connectivity index (χ3n) is 5.10. The molecule has 2 aromatic carbocycles. The smallest absolute Gasteiger partial charge is 0.251 e. The second-order valence-corrected chi connectivity index (χ2v) is 11.9. The number of hydrogen-bond acceptors (Lipinski definition) is 6. The largest absolute Gasteiger partial charge is 0.373 e. The maximum absolute atomic E-state index is 13.0. The molecular weight excluding hydrogens is 452 g/mol. The molecule has 0 bridgehead atoms. The van der Waals surface area contributed by atoms with Crippen molar-refractivity contribution in [2.45, 2.75) is 42.3 Å². The van der Waals surface area contributed by atoms with Crippen LogP contribution in [-0.2, 0) is 24.6 Å². The van der Waals surface area contributed by atoms with E-state index in [2.05, 4.69) is 5.32 Å². The van der Waals surface area contributed by atoms with Gasteiger partial charge in [0.1, 0.15) is 0 Å². The highest BCUT2D eigenvalue weighted by molar-refractivity contribution is 7.91. The van der Waals surface area contributed by atoms with Crippen LogP contribution < -0.4 is 5.32 Å². The number of rotatable bonds is 8. The second kappa shape index (κ2) is 10.1. The molecule has 174 valence electrons. The van der Waals surface area contributed by atoms with Crippen molar-refractivity contribution in [1.29, 1.82) is 0 Å². The van der Waals surface area contributed by atoms with Crippen molar-refractivity contribution in [3.05, 3.63) is 60.2 Å². The van der Waals surface area contributed by atoms with Crippen molar-refractivity contribution in [3.8, 4) is 0 Å². The van der Waals surface area contributed by atoms with E-state index in [0.717, 1.165) is 0 Å². The Labute approximate surface area is 189 Å². The minimum atomic E-state index is -3.77. The van der Waals surface area contributed by atoms with E-state index in [1.807, 2.05) is 13.8 Å². The quantitative estimate of drug-likeness (QED) is 0.580. The molecule has 0 aliphatic carbocycles. The molecule has 0 saturated carbocycles. The molecule has 1 saturated heterocycles. The van der Waals surface area contributed by atoms with Crippen molar-refractivity contribution in [2.75, 3.05) is 25.4 Å². The highest BCUT2D eigenvalue weighted by Crippen LogP contribution is 2.22. The monoisotopic (exact) mass is 480 g/mol. The van der Waals surface area contributed by atoms with Crippen LogP contribution in [0.1, 0.15) is 30.6 Å². The number of sulfone groups is 1. The Kier molecular flexibility index (Phi) is 7.71. The highest BCUT2D eigenvalue weighted by Gasteiger charge is 2.32. The summed E-state index contributed by atoms with van der Waals surface area (Å²) in [5.74, 6) is -0.554. The third kappa shape index (κ3) is 5.94. The molecule has 1 fully saturated rings. The van der Waals surface area contributed by atoms with Crippen molar-refractivity contribution in [2.24, 2.45) is 0 Å². The molecule has 8 nitrogen and oxygen atoms in total. The van der Waals surface area contributed by atoms with E-state index in [4.69, 9.17) is 4.74 Å². The average molecular weight is 481 g/mol. The van der Waals surface area contributed by atoms with Crippen LogP contribution in [0.2, 0.25) is 0 Å². The van der Waals surface area contributed by atoms with Gasteiger partial charge in [0.15, 0.2) is 9.84 Å². The summed E-state index contributed by atoms with van der Waals surface area (Å²) in [7, 11) is -7.18. The van der Waals surface area contributed by atoms with Crippen LogP contribution in [0.3, 0.4) is 0 Å². The lowest BCUT2D eigenvalue weighted by Gasteiger charge is -2.34. The van der Waals surface area contributed by atoms with Gasteiger partial charge >= 0.3 is 0 Å². The first-order valence-corrected chi connectivity index (χ1v) is 13.5. The molecule has 0 radical (unpaired) electrons. The number of ether oxygens (including phenoxy) is 1. The Balaban J connectivity index is 1.60. The van der Waals surface area contributed by atoms with Crippen molar-refractivity contribution in [1.82, 2.24) is 9.62 Å². The van der Waals surface area contributed by atoms with E-state index in [1.54, 1.807) is 18.2 Å². The van der Waals surface area contributed by atoms with Crippen LogP contribution >= 0.6 is 0 Å². The van der Waals surface area contributed by atoms with Gasteiger partial charge in [0.2, 0.25) is 10.0 Å². The summed E-state index contributed by atoms with van der Waals surface area (Å²) in [4.78, 5) is 12.8. The Morgan fingerprint density at radius 1 is 0.969 bits per heavy atom. The topological polar surface area (TPSA) is 110 Å². The van der Waals surface area contributed by atoms with Crippen molar-refractivity contribution >= 4 is 25.8 Å². The Morgan fingerprint density at radius 2 is 1.59 bits per heavy atom. The van der Waals surface area contributed by atoms with Crippen LogP contribution in [0, 0.1) is 0 Å². The lowest BCUT2D eigenvalue weighted by Crippen LogP contribution is -2.48. The number of carbonyl (C=O) groups excluding carboxylic acids is 1. The molecule has 3 rings (SSSR count). The number of carbonyl (C=O) groups is 1. The molecule has 10 heteroatoms. The van der Waals surface area contributed by atoms with Gasteiger partial charge in [0.05, 0.1) is 27.8 Å². The number of nitrogens with one attached hydrogen (secondary N) is 1. The summed E-state index contributed by atoms with van der Waals surface area (Å²) in [5, 5.41) is 2.66. The minimum absolute atomic E-state index is 0.0399. The van der Waals surface area contributed by atoms with Gasteiger partial charge in [0.25, 0.3) is 5.91 Å². The molecule has 1 aliphatic heterocycles. The standard InChI is InChI=1S/C22H28N2O6S2/c1-17-15-24(16-18(2)30-17)32(28,29)21-11-6-8-19(14-21)22(25)23-12-7-13-31(26,27)20-9-4-3-5-10-20/h3-6,8-11,14,17-18H,7,12-13,15-16H2,1-2H3,(H,23,25). The summed E-state index contributed by atoms with van der Waals surface area (Å²) in [6.45, 7) is 4.29. The summed E-state index contributed by atoms with van der Waals surface area (Å²) < 4.78 is 57.6. The van der Waals surface area contributed by atoms with Crippen molar-refractivity contribution < 1.29 is 26.4 Å². The van der Waals surface area contributed by atoms with Crippen LogP contribution in [-0.4, -0.2) is 64.6 Å². The fourth-order valence-corrected chi connectivity index (χ4v) is 6.55. The normalized spacial score (nSPS) is 20.1. The van der Waals surface area contributed by atoms with Gasteiger partial charge in [-0.2, -0.15) is 4.31 Å². The summed E-state index contributed by atoms with van der Waals surface area (Å²) >= 11 is 0. The molecule has 0 aromatic heterocycles. The van der Waals surface area contributed by atoms with E-state index < -0.39 is 25.8 Å². The number of sulfonamides is 1. The number of benzene rings is 2. The van der Waals surface area contributed by atoms with Gasteiger partial charge < -0.3 is 10.1 Å². The number of nitrogens with zero attached hydrogens (tertiary/aromatic N) is 1. The third-order valence-corrected chi connectivity index (χ3v) is 8.74. The highest BCUT2D eigenvalue weighted by atomic mass is 32.2. The molecule has 1 N–H and O–H groups in total. The van der Waals surface area contributed by atoms with Gasteiger partial charge in [-0.3, -0.25) is 4.79 Å². The number of hydrogen-bond donors (Lipinski definition) is 1. The predicted octanol–water partition coefficient (Wildman–Crippen LogP) is 2.08. The van der Waals surface area contributed by atoms with E-state index in [-0.39, 0.29) is 59.4 Å². The number of morpholine rings is 1. The fourth-order valence-electron chi connectivity index (χ4n) is 3.59. The molecule has 2 atom stereocenters. The van der Waals surface area contributed by atoms with Gasteiger partial charge in [-0.25, -0.2) is 16.8 Å². The second-order valence-electron chi connectivity index (χ2n) is 7.85. The van der Waals surface area contributed by atoms with Crippen LogP contribution in [0.15, 0.2) is 64.4 Å². The Bertz CT molecular complexity index is 1140. The predicted molar refractivity (Wildman–Crippen MR) is 121 cm³/mol. The van der Waals surface area contributed by atoms with E-state index in [0.29, 0.717) is 0 Å². The van der Waals surface area contributed by atoms with Gasteiger partial charge in [-0.05, 0) is 50.6 Å². The van der Waals surface area contributed by atoms with E-state index >= 15 is 0 Å². The Hall–Kier alpha value is -2.27. The first kappa shape index (κ1) is 24.4. The van der Waals surface area contributed by atoms with Crippen molar-refractivity contribution in [3.63, 3.8) is 0 Å². The SMILES string of the molecule is CC1CN(S(=O)(=O)c2cccc(C(=O)NCCCS(=O)(=O)c3ccccc3)c2)CC(C)O1. The fraction of sp³-hybridized carbons (Fsp3) is 0.409. The van der Waals surface area contributed by atoms with Gasteiger partial charge in [0, 0.05) is 25.2 Å². The first-order valence-electron chi connectivity index (χ1n) is 10.4. The van der Waals surface area contributed by atoms with Gasteiger partial charge in [-0.15, -0.1) is 0 Å². The first-order chi connectivity index (χ1) is 15.1. The number of amides is 1. The lowest BCUT2D eigenvalue weighted by molar-refractivity contribution is -0.0440. The van der Waals surface area contributed by atoms with Crippen LogP contribution in [0.25, 0.3) is 0 Å². The van der Waals surface area contributed by atoms with E-state index in [1.165, 1.54) is 40.7 Å². The maximum atomic E-state index is 13.0. The summed E-state index contributed by atoms with van der Waals surface area (Å²) in [6, 6.07) is 14.0. The molecule has 1 aliphatic rings. The molecule has 0 spiro atoms. The zero-order valence-electron chi connectivity index (χ0n) is 18.1. The zero-order chi connectivity index (χ0) is 23.4. The summed E-state index contributed by atoms with van der Waals surface area (Å²) in [5.41, 5.74) is 0.200. The van der Waals surface area contributed by atoms with Crippen LogP contribution in [0.4, 0.5) is 0 Å². The lowest BCUT2D eigenvalue weighted by atomic mass is 10.2. The molecular formula is C22H28N2O6S2. The Morgan fingerprint density at radius 3 is 2.25 bits per heavy atom. The zero-order valence-corrected chi connectivity index (χ0v) is 19.7. The molecule has 1 amide bonds. The average Bonchev–Trinajstić information content (AvgIpc) is 2.76. The molecule has 32 heavy (non-hydrogen) atoms. The maximum Gasteiger partial charge on any atom is 0.251 e. The molecule has 2 unspecified atom stereocenters. The van der Waals surface area contributed by atoms with E-state index in [9.17, 15) is 21.6 Å². The summed E-state index contributed by atoms with van der Waals surface area (Å²) in [6.07, 6.45) is -0.191. The molecule has 1 heterocycles. The molecule has 2 aromatic rings. The van der Waals surface area contributed by atoms with Gasteiger partial charge in [-0.1, -0.05) is 24.3 Å².